The van der Waals surface area contributed by atoms with E-state index in [1.54, 1.807) is 84.9 Å². The molecule has 0 radical (unpaired) electrons. The number of hydrogen-bond acceptors (Lipinski definition) is 11. The number of ketones is 2. The summed E-state index contributed by atoms with van der Waals surface area (Å²) in [7, 11) is 0.694. The van der Waals surface area contributed by atoms with Gasteiger partial charge in [0, 0.05) is 23.3 Å². The summed E-state index contributed by atoms with van der Waals surface area (Å²) in [5.41, 5.74) is 2.87. The lowest BCUT2D eigenvalue weighted by Gasteiger charge is -2.17. The van der Waals surface area contributed by atoms with E-state index in [0.717, 1.165) is 0 Å². The van der Waals surface area contributed by atoms with Crippen LogP contribution in [0.1, 0.15) is 63.7 Å². The molecule has 0 aromatic heterocycles. The number of aromatic carboxylic acids is 2. The fraction of sp³-hybridized carbons (Fsp3) is 0.0833. The molecular weight excluding hydrogens is 831 g/mol. The highest BCUT2D eigenvalue weighted by Crippen LogP contribution is 2.46. The Morgan fingerprint density at radius 1 is 0.444 bits per heavy atom. The first-order valence-electron chi connectivity index (χ1n) is 18.8. The van der Waals surface area contributed by atoms with E-state index < -0.39 is 31.3 Å². The first kappa shape index (κ1) is 44.6. The summed E-state index contributed by atoms with van der Waals surface area (Å²) < 4.78 is 45.8. The molecule has 0 saturated heterocycles. The highest BCUT2D eigenvalue weighted by atomic mass is 31.2. The molecule has 0 amide bonds. The molecule has 6 aromatic carbocycles. The standard InChI is InChI=1S/C48H39O14P/c1-57-35-17-13-31(14-18-35)41(25-29-5-9-33(10-6-29)47(51)52)45(49)39-23-21-37(27-43(39)59-3)61-63(55,56)62-38-22-24-40(44(28-38)60-4)46(50)42(32-15-19-36(58-2)20-16-32)26-30-7-11-34(12-8-30)48(53)54/h5-28H,1-4H3,(H,51,52)(H,53,54)(H,55,56). The van der Waals surface area contributed by atoms with E-state index in [-0.39, 0.29) is 56.4 Å². The molecule has 3 N–H and O–H groups in total. The van der Waals surface area contributed by atoms with Gasteiger partial charge in [-0.15, -0.1) is 0 Å². The monoisotopic (exact) mass is 870 g/mol. The van der Waals surface area contributed by atoms with Crippen LogP contribution < -0.4 is 28.0 Å². The first-order chi connectivity index (χ1) is 30.2. The van der Waals surface area contributed by atoms with Crippen molar-refractivity contribution < 1.29 is 66.8 Å². The number of hydrogen-bond donors (Lipinski definition) is 3. The fourth-order valence-corrected chi connectivity index (χ4v) is 7.08. The van der Waals surface area contributed by atoms with Crippen molar-refractivity contribution in [2.24, 2.45) is 0 Å². The molecule has 6 aromatic rings. The van der Waals surface area contributed by atoms with Gasteiger partial charge in [-0.1, -0.05) is 48.5 Å². The predicted molar refractivity (Wildman–Crippen MR) is 234 cm³/mol. The lowest BCUT2D eigenvalue weighted by atomic mass is 9.94. The van der Waals surface area contributed by atoms with Crippen molar-refractivity contribution in [1.82, 2.24) is 0 Å². The smallest absolute Gasteiger partial charge is 0.497 e. The number of phosphoric ester groups is 1. The molecule has 0 atom stereocenters. The van der Waals surface area contributed by atoms with E-state index in [1.807, 2.05) is 0 Å². The molecule has 320 valence electrons. The molecule has 0 aliphatic rings. The van der Waals surface area contributed by atoms with Crippen molar-refractivity contribution in [3.05, 3.63) is 178 Å². The van der Waals surface area contributed by atoms with Gasteiger partial charge >= 0.3 is 19.8 Å². The Morgan fingerprint density at radius 2 is 0.762 bits per heavy atom. The number of carbonyl (C=O) groups excluding carboxylic acids is 2. The molecule has 0 aliphatic carbocycles. The van der Waals surface area contributed by atoms with Crippen LogP contribution in [0.5, 0.6) is 34.5 Å². The van der Waals surface area contributed by atoms with E-state index >= 15 is 0 Å². The number of carboxylic acids is 2. The van der Waals surface area contributed by atoms with E-state index in [4.69, 9.17) is 28.0 Å². The van der Waals surface area contributed by atoms with Crippen molar-refractivity contribution in [2.45, 2.75) is 0 Å². The second-order valence-corrected chi connectivity index (χ2v) is 14.8. The van der Waals surface area contributed by atoms with Gasteiger partial charge in [0.05, 0.1) is 50.7 Å². The Bertz CT molecular complexity index is 2590. The summed E-state index contributed by atoms with van der Waals surface area (Å²) in [6, 6.07) is 33.2. The minimum absolute atomic E-state index is 0.00113. The van der Waals surface area contributed by atoms with Gasteiger partial charge in [-0.25, -0.2) is 14.2 Å². The van der Waals surface area contributed by atoms with Crippen molar-refractivity contribution >= 4 is 54.6 Å². The van der Waals surface area contributed by atoms with Crippen LogP contribution >= 0.6 is 7.82 Å². The zero-order valence-electron chi connectivity index (χ0n) is 34.1. The van der Waals surface area contributed by atoms with Crippen LogP contribution in [0.15, 0.2) is 133 Å². The number of benzene rings is 6. The number of carboxylic acid groups (broad SMARTS) is 2. The van der Waals surface area contributed by atoms with Crippen LogP contribution in [0, 0.1) is 0 Å². The number of carbonyl (C=O) groups is 4. The molecule has 0 spiro atoms. The lowest BCUT2D eigenvalue weighted by molar-refractivity contribution is 0.0686. The van der Waals surface area contributed by atoms with Crippen LogP contribution in [0.3, 0.4) is 0 Å². The van der Waals surface area contributed by atoms with Crippen LogP contribution in [0.2, 0.25) is 0 Å². The third-order valence-electron chi connectivity index (χ3n) is 9.51. The molecule has 15 heteroatoms. The first-order valence-corrected chi connectivity index (χ1v) is 20.3. The predicted octanol–water partition coefficient (Wildman–Crippen LogP) is 9.52. The largest absolute Gasteiger partial charge is 0.584 e. The summed E-state index contributed by atoms with van der Waals surface area (Å²) in [4.78, 5) is 62.1. The van der Waals surface area contributed by atoms with E-state index in [9.17, 15) is 38.8 Å². The number of allylic oxidation sites excluding steroid dienone is 2. The van der Waals surface area contributed by atoms with Gasteiger partial charge in [0.1, 0.15) is 34.5 Å². The van der Waals surface area contributed by atoms with Gasteiger partial charge in [-0.3, -0.25) is 14.5 Å². The number of Topliss-reactive ketones (excluding diaryl/α,β-unsaturated/α-hetero) is 2. The number of methoxy groups -OCH3 is 4. The van der Waals surface area contributed by atoms with Crippen molar-refractivity contribution in [3.63, 3.8) is 0 Å². The van der Waals surface area contributed by atoms with Gasteiger partial charge in [0.2, 0.25) is 0 Å². The lowest BCUT2D eigenvalue weighted by Crippen LogP contribution is -2.07. The van der Waals surface area contributed by atoms with Crippen LogP contribution in [0.4, 0.5) is 0 Å². The van der Waals surface area contributed by atoms with Gasteiger partial charge in [-0.2, -0.15) is 0 Å². The van der Waals surface area contributed by atoms with Gasteiger partial charge in [0.25, 0.3) is 0 Å². The van der Waals surface area contributed by atoms with Crippen molar-refractivity contribution in [2.75, 3.05) is 28.4 Å². The topological polar surface area (TPSA) is 201 Å². The molecule has 0 fully saturated rings. The number of rotatable bonds is 18. The molecule has 63 heavy (non-hydrogen) atoms. The molecule has 0 aliphatic heterocycles. The van der Waals surface area contributed by atoms with Crippen LogP contribution in [-0.4, -0.2) is 67.1 Å². The maximum atomic E-state index is 14.2. The van der Waals surface area contributed by atoms with Crippen LogP contribution in [0.25, 0.3) is 23.3 Å². The Kier molecular flexibility index (Phi) is 13.9. The maximum absolute atomic E-state index is 14.2. The third-order valence-corrected chi connectivity index (χ3v) is 10.4. The third kappa shape index (κ3) is 10.9. The highest BCUT2D eigenvalue weighted by molar-refractivity contribution is 7.48. The summed E-state index contributed by atoms with van der Waals surface area (Å²) in [6.45, 7) is 0. The van der Waals surface area contributed by atoms with E-state index in [0.29, 0.717) is 33.8 Å². The Balaban J connectivity index is 1.25. The molecular formula is C48H39O14P. The summed E-state index contributed by atoms with van der Waals surface area (Å²) in [5.74, 6) is -2.41. The summed E-state index contributed by atoms with van der Waals surface area (Å²) in [5, 5.41) is 18.7. The number of ether oxygens (including phenoxy) is 4. The summed E-state index contributed by atoms with van der Waals surface area (Å²) >= 11 is 0. The van der Waals surface area contributed by atoms with Gasteiger partial charge in [-0.05, 0) is 107 Å². The fourth-order valence-electron chi connectivity index (χ4n) is 6.29. The maximum Gasteiger partial charge on any atom is 0.584 e. The SMILES string of the molecule is COc1ccc(C(=Cc2ccc(C(=O)O)cc2)C(=O)c2ccc(OP(=O)(O)Oc3ccc(C(=O)C(=Cc4ccc(C(=O)O)cc4)c4ccc(OC)cc4)c(OC)c3)cc2OC)cc1. The zero-order chi connectivity index (χ0) is 45.3. The molecule has 0 saturated carbocycles. The molecule has 0 bridgehead atoms. The Morgan fingerprint density at radius 3 is 1.06 bits per heavy atom. The number of phosphoric acid groups is 1. The second kappa shape index (κ2) is 19.6. The van der Waals surface area contributed by atoms with Crippen molar-refractivity contribution in [3.8, 4) is 34.5 Å². The Hall–Kier alpha value is -7.93. The molecule has 6 rings (SSSR count). The highest BCUT2D eigenvalue weighted by Gasteiger charge is 2.28. The minimum atomic E-state index is -4.95. The quantitative estimate of drug-likeness (QED) is 0.0319. The van der Waals surface area contributed by atoms with E-state index in [1.165, 1.54) is 89.1 Å². The molecule has 14 nitrogen and oxygen atoms in total. The zero-order valence-corrected chi connectivity index (χ0v) is 35.0. The molecule has 0 unspecified atom stereocenters. The normalized spacial score (nSPS) is 12.3. The molecule has 0 heterocycles. The van der Waals surface area contributed by atoms with Gasteiger partial charge < -0.3 is 38.2 Å². The van der Waals surface area contributed by atoms with E-state index in [2.05, 4.69) is 0 Å². The average Bonchev–Trinajstić information content (AvgIpc) is 3.29. The van der Waals surface area contributed by atoms with Crippen LogP contribution in [-0.2, 0) is 4.57 Å². The Labute approximate surface area is 361 Å². The van der Waals surface area contributed by atoms with Gasteiger partial charge in [0.15, 0.2) is 11.6 Å². The average molecular weight is 871 g/mol. The summed E-state index contributed by atoms with van der Waals surface area (Å²) in [6.07, 6.45) is 3.19. The minimum Gasteiger partial charge on any atom is -0.497 e. The second-order valence-electron chi connectivity index (χ2n) is 13.5. The van der Waals surface area contributed by atoms with Crippen molar-refractivity contribution in [1.29, 1.82) is 0 Å².